The molecule has 2 aromatic carbocycles. The first-order valence-electron chi connectivity index (χ1n) is 6.39. The van der Waals surface area contributed by atoms with E-state index >= 15 is 0 Å². The summed E-state index contributed by atoms with van der Waals surface area (Å²) >= 11 is 5.74. The standard InChI is InChI=1S/C16H16ClNO2/c1-11(9-12-5-3-2-4-6-12)18-16(20)14-8-7-13(17)10-15(14)19/h2-8,10-11,19H,9H2,1H3,(H,18,20). The molecule has 0 saturated heterocycles. The summed E-state index contributed by atoms with van der Waals surface area (Å²) in [6, 6.07) is 14.4. The molecule has 0 heterocycles. The summed E-state index contributed by atoms with van der Waals surface area (Å²) in [4.78, 5) is 12.1. The normalized spacial score (nSPS) is 11.9. The average Bonchev–Trinajstić information content (AvgIpc) is 2.39. The van der Waals surface area contributed by atoms with Crippen LogP contribution >= 0.6 is 11.6 Å². The largest absolute Gasteiger partial charge is 0.507 e. The van der Waals surface area contributed by atoms with E-state index in [1.807, 2.05) is 37.3 Å². The van der Waals surface area contributed by atoms with Gasteiger partial charge >= 0.3 is 0 Å². The van der Waals surface area contributed by atoms with Crippen molar-refractivity contribution in [2.75, 3.05) is 0 Å². The maximum atomic E-state index is 12.1. The number of phenols is 1. The maximum Gasteiger partial charge on any atom is 0.255 e. The fraction of sp³-hybridized carbons (Fsp3) is 0.188. The minimum Gasteiger partial charge on any atom is -0.507 e. The van der Waals surface area contributed by atoms with Gasteiger partial charge in [-0.1, -0.05) is 41.9 Å². The predicted molar refractivity (Wildman–Crippen MR) is 80.2 cm³/mol. The number of amides is 1. The third kappa shape index (κ3) is 3.75. The molecule has 1 amide bonds. The predicted octanol–water partition coefficient (Wildman–Crippen LogP) is 3.41. The van der Waals surface area contributed by atoms with Crippen LogP contribution in [-0.4, -0.2) is 17.1 Å². The Kier molecular flexibility index (Phi) is 4.64. The van der Waals surface area contributed by atoms with Gasteiger partial charge in [0.1, 0.15) is 5.75 Å². The van der Waals surface area contributed by atoms with Crippen LogP contribution in [0.2, 0.25) is 5.02 Å². The molecule has 0 aliphatic rings. The lowest BCUT2D eigenvalue weighted by Gasteiger charge is -2.14. The molecule has 0 radical (unpaired) electrons. The average molecular weight is 290 g/mol. The van der Waals surface area contributed by atoms with Gasteiger partial charge in [-0.25, -0.2) is 0 Å². The topological polar surface area (TPSA) is 49.3 Å². The summed E-state index contributed by atoms with van der Waals surface area (Å²) in [6.07, 6.45) is 0.737. The smallest absolute Gasteiger partial charge is 0.255 e. The summed E-state index contributed by atoms with van der Waals surface area (Å²) in [5.74, 6) is -0.412. The van der Waals surface area contributed by atoms with Gasteiger partial charge in [0, 0.05) is 11.1 Å². The number of aromatic hydroxyl groups is 1. The number of halogens is 1. The molecule has 20 heavy (non-hydrogen) atoms. The van der Waals surface area contributed by atoms with Crippen molar-refractivity contribution in [2.24, 2.45) is 0 Å². The Balaban J connectivity index is 2.00. The second-order valence-electron chi connectivity index (χ2n) is 4.73. The zero-order chi connectivity index (χ0) is 14.5. The SMILES string of the molecule is CC(Cc1ccccc1)NC(=O)c1ccc(Cl)cc1O. The van der Waals surface area contributed by atoms with Crippen LogP contribution in [0.4, 0.5) is 0 Å². The number of nitrogens with one attached hydrogen (secondary N) is 1. The summed E-state index contributed by atoms with van der Waals surface area (Å²) in [6.45, 7) is 1.93. The zero-order valence-corrected chi connectivity index (χ0v) is 11.9. The molecule has 1 atom stereocenters. The van der Waals surface area contributed by atoms with Gasteiger partial charge in [0.05, 0.1) is 5.56 Å². The van der Waals surface area contributed by atoms with Gasteiger partial charge in [0.2, 0.25) is 0 Å². The highest BCUT2D eigenvalue weighted by molar-refractivity contribution is 6.30. The highest BCUT2D eigenvalue weighted by atomic mass is 35.5. The van der Waals surface area contributed by atoms with Crippen LogP contribution in [0.25, 0.3) is 0 Å². The molecular formula is C16H16ClNO2. The Bertz CT molecular complexity index is 599. The van der Waals surface area contributed by atoms with Crippen molar-refractivity contribution in [1.82, 2.24) is 5.32 Å². The van der Waals surface area contributed by atoms with E-state index in [9.17, 15) is 9.90 Å². The number of benzene rings is 2. The molecule has 0 aromatic heterocycles. The first-order chi connectivity index (χ1) is 9.56. The number of hydrogen-bond acceptors (Lipinski definition) is 2. The minimum atomic E-state index is -0.303. The van der Waals surface area contributed by atoms with Gasteiger partial charge in [-0.15, -0.1) is 0 Å². The van der Waals surface area contributed by atoms with E-state index in [0.29, 0.717) is 5.02 Å². The highest BCUT2D eigenvalue weighted by Crippen LogP contribution is 2.21. The molecule has 2 rings (SSSR count). The summed E-state index contributed by atoms with van der Waals surface area (Å²) < 4.78 is 0. The minimum absolute atomic E-state index is 0.0278. The fourth-order valence-corrected chi connectivity index (χ4v) is 2.18. The van der Waals surface area contributed by atoms with Crippen molar-refractivity contribution in [3.05, 3.63) is 64.7 Å². The molecule has 104 valence electrons. The molecule has 0 spiro atoms. The van der Waals surface area contributed by atoms with Crippen molar-refractivity contribution in [3.8, 4) is 5.75 Å². The molecule has 0 saturated carbocycles. The number of carbonyl (C=O) groups is 1. The van der Waals surface area contributed by atoms with Crippen molar-refractivity contribution in [3.63, 3.8) is 0 Å². The van der Waals surface area contributed by atoms with E-state index in [4.69, 9.17) is 11.6 Å². The second-order valence-corrected chi connectivity index (χ2v) is 5.16. The van der Waals surface area contributed by atoms with Crippen LogP contribution < -0.4 is 5.32 Å². The van der Waals surface area contributed by atoms with E-state index in [1.54, 1.807) is 6.07 Å². The van der Waals surface area contributed by atoms with Crippen molar-refractivity contribution < 1.29 is 9.90 Å². The molecule has 4 heteroatoms. The van der Waals surface area contributed by atoms with Gasteiger partial charge < -0.3 is 10.4 Å². The monoisotopic (exact) mass is 289 g/mol. The molecule has 0 aliphatic heterocycles. The second kappa shape index (κ2) is 6.44. The van der Waals surface area contributed by atoms with Gasteiger partial charge in [-0.3, -0.25) is 4.79 Å². The quantitative estimate of drug-likeness (QED) is 0.906. The number of hydrogen-bond donors (Lipinski definition) is 2. The number of carbonyl (C=O) groups excluding carboxylic acids is 1. The van der Waals surface area contributed by atoms with Gasteiger partial charge in [0.15, 0.2) is 0 Å². The van der Waals surface area contributed by atoms with E-state index < -0.39 is 0 Å². The first-order valence-corrected chi connectivity index (χ1v) is 6.77. The summed E-state index contributed by atoms with van der Waals surface area (Å²) in [7, 11) is 0. The molecular weight excluding hydrogens is 274 g/mol. The Morgan fingerprint density at radius 3 is 2.60 bits per heavy atom. The fourth-order valence-electron chi connectivity index (χ4n) is 2.02. The first kappa shape index (κ1) is 14.4. The van der Waals surface area contributed by atoms with Crippen molar-refractivity contribution in [1.29, 1.82) is 0 Å². The van der Waals surface area contributed by atoms with Crippen LogP contribution in [0.15, 0.2) is 48.5 Å². The Morgan fingerprint density at radius 1 is 1.25 bits per heavy atom. The molecule has 2 N–H and O–H groups in total. The Hall–Kier alpha value is -2.00. The Morgan fingerprint density at radius 2 is 1.95 bits per heavy atom. The lowest BCUT2D eigenvalue weighted by Crippen LogP contribution is -2.34. The van der Waals surface area contributed by atoms with Crippen molar-refractivity contribution in [2.45, 2.75) is 19.4 Å². The molecule has 0 fully saturated rings. The van der Waals surface area contributed by atoms with Crippen LogP contribution in [0, 0.1) is 0 Å². The van der Waals surface area contributed by atoms with E-state index in [0.717, 1.165) is 12.0 Å². The highest BCUT2D eigenvalue weighted by Gasteiger charge is 2.14. The van der Waals surface area contributed by atoms with E-state index in [-0.39, 0.29) is 23.3 Å². The van der Waals surface area contributed by atoms with E-state index in [1.165, 1.54) is 12.1 Å². The summed E-state index contributed by atoms with van der Waals surface area (Å²) in [5.41, 5.74) is 1.38. The maximum absolute atomic E-state index is 12.1. The number of phenolic OH excluding ortho intramolecular Hbond substituents is 1. The molecule has 3 nitrogen and oxygen atoms in total. The lowest BCUT2D eigenvalue weighted by atomic mass is 10.1. The molecule has 0 bridgehead atoms. The molecule has 2 aromatic rings. The third-order valence-electron chi connectivity index (χ3n) is 2.97. The summed E-state index contributed by atoms with van der Waals surface area (Å²) in [5, 5.41) is 13.0. The van der Waals surface area contributed by atoms with Crippen LogP contribution in [0.3, 0.4) is 0 Å². The molecule has 1 unspecified atom stereocenters. The van der Waals surface area contributed by atoms with Crippen LogP contribution in [-0.2, 0) is 6.42 Å². The van der Waals surface area contributed by atoms with Gasteiger partial charge in [-0.2, -0.15) is 0 Å². The molecule has 0 aliphatic carbocycles. The number of rotatable bonds is 4. The van der Waals surface area contributed by atoms with Crippen LogP contribution in [0.1, 0.15) is 22.8 Å². The third-order valence-corrected chi connectivity index (χ3v) is 3.20. The lowest BCUT2D eigenvalue weighted by molar-refractivity contribution is 0.0937. The Labute approximate surface area is 123 Å². The van der Waals surface area contributed by atoms with Crippen molar-refractivity contribution >= 4 is 17.5 Å². The van der Waals surface area contributed by atoms with E-state index in [2.05, 4.69) is 5.32 Å². The zero-order valence-electron chi connectivity index (χ0n) is 11.1. The van der Waals surface area contributed by atoms with Crippen LogP contribution in [0.5, 0.6) is 5.75 Å². The van der Waals surface area contributed by atoms with Gasteiger partial charge in [-0.05, 0) is 37.1 Å². The van der Waals surface area contributed by atoms with Gasteiger partial charge in [0.25, 0.3) is 5.91 Å².